The van der Waals surface area contributed by atoms with E-state index in [-0.39, 0.29) is 0 Å². The number of aliphatic hydroxyl groups is 3. The lowest BCUT2D eigenvalue weighted by molar-refractivity contribution is -0.113. The van der Waals surface area contributed by atoms with Gasteiger partial charge < -0.3 is 20.1 Å². The van der Waals surface area contributed by atoms with Crippen LogP contribution in [0.3, 0.4) is 0 Å². The molecule has 0 aromatic carbocycles. The van der Waals surface area contributed by atoms with E-state index in [1.54, 1.807) is 0 Å². The third-order valence-corrected chi connectivity index (χ3v) is 2.31. The highest BCUT2D eigenvalue weighted by Gasteiger charge is 2.44. The highest BCUT2D eigenvalue weighted by atomic mass is 32.2. The van der Waals surface area contributed by atoms with Crippen molar-refractivity contribution >= 4 is 10.1 Å². The summed E-state index contributed by atoms with van der Waals surface area (Å²) in [5.74, 6) is 0. The molecular formula is C6H12O7S. The van der Waals surface area contributed by atoms with Gasteiger partial charge in [0.05, 0.1) is 12.9 Å². The maximum Gasteiger partial charge on any atom is 0.266 e. The second kappa shape index (κ2) is 4.09. The van der Waals surface area contributed by atoms with E-state index in [2.05, 4.69) is 4.18 Å². The van der Waals surface area contributed by atoms with E-state index in [4.69, 9.17) is 9.84 Å². The van der Waals surface area contributed by atoms with Crippen LogP contribution in [0.25, 0.3) is 0 Å². The van der Waals surface area contributed by atoms with Crippen LogP contribution in [0.1, 0.15) is 0 Å². The van der Waals surface area contributed by atoms with E-state index >= 15 is 0 Å². The summed E-state index contributed by atoms with van der Waals surface area (Å²) >= 11 is 0. The Bertz CT molecular complexity index is 287. The molecule has 8 heteroatoms. The van der Waals surface area contributed by atoms with E-state index in [9.17, 15) is 18.6 Å². The largest absolute Gasteiger partial charge is 0.394 e. The van der Waals surface area contributed by atoms with Crippen molar-refractivity contribution in [3.05, 3.63) is 0 Å². The molecule has 0 bridgehead atoms. The van der Waals surface area contributed by atoms with Gasteiger partial charge in [0.25, 0.3) is 10.1 Å². The molecule has 3 N–H and O–H groups in total. The highest BCUT2D eigenvalue weighted by Crippen LogP contribution is 2.22. The van der Waals surface area contributed by atoms with Crippen LogP contribution in [-0.2, 0) is 19.0 Å². The Morgan fingerprint density at radius 1 is 1.36 bits per heavy atom. The van der Waals surface area contributed by atoms with Crippen molar-refractivity contribution < 1.29 is 32.7 Å². The summed E-state index contributed by atoms with van der Waals surface area (Å²) in [6.07, 6.45) is -4.54. The Hall–Kier alpha value is -0.250. The summed E-state index contributed by atoms with van der Waals surface area (Å²) in [7, 11) is -3.77. The molecule has 0 amide bonds. The van der Waals surface area contributed by atoms with E-state index in [1.165, 1.54) is 0 Å². The summed E-state index contributed by atoms with van der Waals surface area (Å²) in [5, 5.41) is 27.1. The van der Waals surface area contributed by atoms with E-state index in [0.29, 0.717) is 0 Å². The van der Waals surface area contributed by atoms with Gasteiger partial charge in [0.1, 0.15) is 18.3 Å². The first-order valence-corrected chi connectivity index (χ1v) is 5.67. The molecule has 0 unspecified atom stereocenters. The quantitative estimate of drug-likeness (QED) is 0.454. The second-order valence-electron chi connectivity index (χ2n) is 3.01. The Morgan fingerprint density at radius 3 is 2.29 bits per heavy atom. The molecular weight excluding hydrogens is 216 g/mol. The predicted octanol–water partition coefficient (Wildman–Crippen LogP) is -2.60. The van der Waals surface area contributed by atoms with Crippen molar-refractivity contribution in [2.75, 3.05) is 12.9 Å². The third-order valence-electron chi connectivity index (χ3n) is 1.77. The van der Waals surface area contributed by atoms with Gasteiger partial charge in [0.2, 0.25) is 6.29 Å². The van der Waals surface area contributed by atoms with Crippen molar-refractivity contribution in [3.63, 3.8) is 0 Å². The standard InChI is InChI=1S/C6H12O7S/c1-14(10,11)13-6-5(9)4(8)3(2-7)12-6/h3-9H,2H2,1H3/t3-,4-,5-,6+/m1/s1. The van der Waals surface area contributed by atoms with E-state index in [1.807, 2.05) is 0 Å². The average molecular weight is 228 g/mol. The SMILES string of the molecule is CS(=O)(=O)O[C@@H]1O[C@H](CO)[C@@H](O)[C@H]1O. The fraction of sp³-hybridized carbons (Fsp3) is 1.00. The molecule has 1 rings (SSSR count). The Kier molecular flexibility index (Phi) is 3.45. The minimum absolute atomic E-state index is 0.526. The molecule has 1 heterocycles. The number of ether oxygens (including phenoxy) is 1. The number of hydrogen-bond acceptors (Lipinski definition) is 7. The summed E-state index contributed by atoms with van der Waals surface area (Å²) in [5.41, 5.74) is 0. The van der Waals surface area contributed by atoms with Gasteiger partial charge in [0.15, 0.2) is 0 Å². The molecule has 0 aliphatic carbocycles. The Morgan fingerprint density at radius 2 is 1.93 bits per heavy atom. The van der Waals surface area contributed by atoms with Gasteiger partial charge in [-0.25, -0.2) is 4.18 Å². The van der Waals surface area contributed by atoms with Crippen molar-refractivity contribution in [1.82, 2.24) is 0 Å². The molecule has 0 saturated carbocycles. The van der Waals surface area contributed by atoms with Crippen LogP contribution in [0, 0.1) is 0 Å². The van der Waals surface area contributed by atoms with Crippen LogP contribution in [0.5, 0.6) is 0 Å². The summed E-state index contributed by atoms with van der Waals surface area (Å²) < 4.78 is 30.5. The first kappa shape index (κ1) is 11.8. The zero-order valence-electron chi connectivity index (χ0n) is 7.40. The van der Waals surface area contributed by atoms with Crippen LogP contribution in [0.15, 0.2) is 0 Å². The highest BCUT2D eigenvalue weighted by molar-refractivity contribution is 7.86. The minimum atomic E-state index is -3.77. The maximum atomic E-state index is 10.7. The normalized spacial score (nSPS) is 38.9. The van der Waals surface area contributed by atoms with Gasteiger partial charge in [-0.15, -0.1) is 0 Å². The van der Waals surface area contributed by atoms with Gasteiger partial charge in [-0.05, 0) is 0 Å². The Labute approximate surface area is 81.0 Å². The van der Waals surface area contributed by atoms with Gasteiger partial charge in [-0.1, -0.05) is 0 Å². The predicted molar refractivity (Wildman–Crippen MR) is 43.7 cm³/mol. The fourth-order valence-electron chi connectivity index (χ4n) is 1.12. The fourth-order valence-corrected chi connectivity index (χ4v) is 1.62. The van der Waals surface area contributed by atoms with Crippen molar-refractivity contribution in [1.29, 1.82) is 0 Å². The van der Waals surface area contributed by atoms with Crippen LogP contribution < -0.4 is 0 Å². The molecule has 84 valence electrons. The van der Waals surface area contributed by atoms with Crippen molar-refractivity contribution in [2.24, 2.45) is 0 Å². The molecule has 7 nitrogen and oxygen atoms in total. The third kappa shape index (κ3) is 2.62. The summed E-state index contributed by atoms with van der Waals surface area (Å²) in [4.78, 5) is 0. The van der Waals surface area contributed by atoms with Gasteiger partial charge in [-0.2, -0.15) is 8.42 Å². The molecule has 4 atom stereocenters. The lowest BCUT2D eigenvalue weighted by Crippen LogP contribution is -2.35. The molecule has 0 radical (unpaired) electrons. The number of hydrogen-bond donors (Lipinski definition) is 3. The Balaban J connectivity index is 2.66. The van der Waals surface area contributed by atoms with Crippen molar-refractivity contribution in [3.8, 4) is 0 Å². The second-order valence-corrected chi connectivity index (χ2v) is 4.61. The molecule has 14 heavy (non-hydrogen) atoms. The first-order valence-electron chi connectivity index (χ1n) is 3.86. The lowest BCUT2D eigenvalue weighted by atomic mass is 10.1. The van der Waals surface area contributed by atoms with Gasteiger partial charge in [0, 0.05) is 0 Å². The van der Waals surface area contributed by atoms with E-state index in [0.717, 1.165) is 6.26 Å². The summed E-state index contributed by atoms with van der Waals surface area (Å²) in [6, 6.07) is 0. The minimum Gasteiger partial charge on any atom is -0.394 e. The smallest absolute Gasteiger partial charge is 0.266 e. The van der Waals surface area contributed by atoms with Crippen molar-refractivity contribution in [2.45, 2.75) is 24.6 Å². The molecule has 0 aromatic rings. The topological polar surface area (TPSA) is 113 Å². The first-order chi connectivity index (χ1) is 6.35. The van der Waals surface area contributed by atoms with Crippen LogP contribution in [0.4, 0.5) is 0 Å². The molecule has 1 fully saturated rings. The van der Waals surface area contributed by atoms with Gasteiger partial charge in [-0.3, -0.25) is 0 Å². The number of rotatable bonds is 3. The molecule has 1 aliphatic heterocycles. The molecule has 0 spiro atoms. The zero-order chi connectivity index (χ0) is 10.9. The van der Waals surface area contributed by atoms with Crippen LogP contribution >= 0.6 is 0 Å². The molecule has 1 aliphatic rings. The molecule has 0 aromatic heterocycles. The van der Waals surface area contributed by atoms with Crippen LogP contribution in [-0.4, -0.2) is 61.2 Å². The summed E-state index contributed by atoms with van der Waals surface area (Å²) in [6.45, 7) is -0.526. The monoisotopic (exact) mass is 228 g/mol. The zero-order valence-corrected chi connectivity index (χ0v) is 8.22. The lowest BCUT2D eigenvalue weighted by Gasteiger charge is -2.12. The maximum absolute atomic E-state index is 10.7. The van der Waals surface area contributed by atoms with Crippen LogP contribution in [0.2, 0.25) is 0 Å². The average Bonchev–Trinajstić information content (AvgIpc) is 2.30. The molecule has 1 saturated heterocycles. The number of aliphatic hydroxyl groups excluding tert-OH is 3. The van der Waals surface area contributed by atoms with E-state index < -0.39 is 41.3 Å². The van der Waals surface area contributed by atoms with Gasteiger partial charge >= 0.3 is 0 Å².